The number of rotatable bonds is 2. The molecule has 1 nitrogen and oxygen atoms in total. The molecule has 2 saturated carbocycles. The van der Waals surface area contributed by atoms with Crippen molar-refractivity contribution in [3.63, 3.8) is 0 Å². The molecule has 0 radical (unpaired) electrons. The van der Waals surface area contributed by atoms with Crippen LogP contribution in [0.2, 0.25) is 0 Å². The second-order valence-corrected chi connectivity index (χ2v) is 5.92. The Labute approximate surface area is 94.3 Å². The molecule has 2 aliphatic rings. The fraction of sp³-hybridized carbons (Fsp3) is 1.00. The zero-order valence-electron chi connectivity index (χ0n) is 10.3. The van der Waals surface area contributed by atoms with E-state index in [4.69, 9.17) is 0 Å². The highest BCUT2D eigenvalue weighted by Gasteiger charge is 2.45. The second-order valence-electron chi connectivity index (χ2n) is 5.92. The number of hydrogen-bond acceptors (Lipinski definition) is 1. The first-order chi connectivity index (χ1) is 7.16. The van der Waals surface area contributed by atoms with Gasteiger partial charge in [0.2, 0.25) is 0 Å². The van der Waals surface area contributed by atoms with Crippen LogP contribution < -0.4 is 0 Å². The SMILES string of the molecule is CCC1CCCC(C2(O)CCCC2C)C1. The van der Waals surface area contributed by atoms with Crippen LogP contribution in [-0.4, -0.2) is 10.7 Å². The molecule has 0 aromatic heterocycles. The quantitative estimate of drug-likeness (QED) is 0.736. The van der Waals surface area contributed by atoms with E-state index in [1.165, 1.54) is 44.9 Å². The molecule has 0 aliphatic heterocycles. The van der Waals surface area contributed by atoms with Gasteiger partial charge in [0.05, 0.1) is 5.60 Å². The van der Waals surface area contributed by atoms with Gasteiger partial charge in [-0.05, 0) is 43.4 Å². The van der Waals surface area contributed by atoms with Crippen LogP contribution in [0.3, 0.4) is 0 Å². The molecule has 2 rings (SSSR count). The van der Waals surface area contributed by atoms with Crippen molar-refractivity contribution >= 4 is 0 Å². The van der Waals surface area contributed by atoms with Gasteiger partial charge in [-0.15, -0.1) is 0 Å². The average molecular weight is 210 g/mol. The van der Waals surface area contributed by atoms with E-state index < -0.39 is 0 Å². The highest BCUT2D eigenvalue weighted by molar-refractivity contribution is 4.97. The standard InChI is InChI=1S/C14H26O/c1-3-12-7-4-8-13(10-12)14(15)9-5-6-11(14)2/h11-13,15H,3-10H2,1-2H3. The smallest absolute Gasteiger partial charge is 0.0701 e. The lowest BCUT2D eigenvalue weighted by Crippen LogP contribution is -2.42. The van der Waals surface area contributed by atoms with Crippen LogP contribution in [0.5, 0.6) is 0 Å². The fourth-order valence-corrected chi connectivity index (χ4v) is 3.91. The molecule has 88 valence electrons. The minimum Gasteiger partial charge on any atom is -0.389 e. The summed E-state index contributed by atoms with van der Waals surface area (Å²) < 4.78 is 0. The highest BCUT2D eigenvalue weighted by atomic mass is 16.3. The Kier molecular flexibility index (Phi) is 3.39. The predicted molar refractivity (Wildman–Crippen MR) is 63.7 cm³/mol. The van der Waals surface area contributed by atoms with Gasteiger partial charge in [-0.2, -0.15) is 0 Å². The van der Waals surface area contributed by atoms with Gasteiger partial charge < -0.3 is 5.11 Å². The van der Waals surface area contributed by atoms with Crippen LogP contribution in [0.1, 0.15) is 65.2 Å². The number of aliphatic hydroxyl groups is 1. The first-order valence-corrected chi connectivity index (χ1v) is 6.89. The Balaban J connectivity index is 2.02. The van der Waals surface area contributed by atoms with Gasteiger partial charge in [0.1, 0.15) is 0 Å². The normalized spacial score (nSPS) is 47.0. The maximum absolute atomic E-state index is 10.8. The minimum absolute atomic E-state index is 0.298. The maximum Gasteiger partial charge on any atom is 0.0701 e. The molecule has 1 N–H and O–H groups in total. The van der Waals surface area contributed by atoms with Gasteiger partial charge in [-0.1, -0.05) is 39.5 Å². The molecule has 0 aromatic carbocycles. The predicted octanol–water partition coefficient (Wildman–Crippen LogP) is 3.75. The van der Waals surface area contributed by atoms with Gasteiger partial charge in [0.15, 0.2) is 0 Å². The Morgan fingerprint density at radius 2 is 2.00 bits per heavy atom. The van der Waals surface area contributed by atoms with Crippen molar-refractivity contribution in [1.29, 1.82) is 0 Å². The Hall–Kier alpha value is -0.0400. The molecular formula is C14H26O. The lowest BCUT2D eigenvalue weighted by molar-refractivity contribution is -0.0661. The molecule has 2 aliphatic carbocycles. The summed E-state index contributed by atoms with van der Waals surface area (Å²) in [5, 5.41) is 10.8. The molecular weight excluding hydrogens is 184 g/mol. The summed E-state index contributed by atoms with van der Waals surface area (Å²) in [6.45, 7) is 4.55. The Bertz CT molecular complexity index is 213. The minimum atomic E-state index is -0.298. The van der Waals surface area contributed by atoms with Gasteiger partial charge in [-0.3, -0.25) is 0 Å². The van der Waals surface area contributed by atoms with E-state index in [9.17, 15) is 5.11 Å². The van der Waals surface area contributed by atoms with Gasteiger partial charge in [0, 0.05) is 0 Å². The van der Waals surface area contributed by atoms with Crippen molar-refractivity contribution in [1.82, 2.24) is 0 Å². The van der Waals surface area contributed by atoms with Crippen LogP contribution in [0.25, 0.3) is 0 Å². The highest BCUT2D eigenvalue weighted by Crippen LogP contribution is 2.47. The van der Waals surface area contributed by atoms with Crippen molar-refractivity contribution in [2.75, 3.05) is 0 Å². The first kappa shape index (κ1) is 11.4. The van der Waals surface area contributed by atoms with Gasteiger partial charge >= 0.3 is 0 Å². The van der Waals surface area contributed by atoms with Crippen molar-refractivity contribution in [3.8, 4) is 0 Å². The molecule has 15 heavy (non-hydrogen) atoms. The third-order valence-electron chi connectivity index (χ3n) is 5.13. The monoisotopic (exact) mass is 210 g/mol. The third kappa shape index (κ3) is 2.08. The summed E-state index contributed by atoms with van der Waals surface area (Å²) in [5.41, 5.74) is -0.298. The molecule has 1 heteroatoms. The van der Waals surface area contributed by atoms with E-state index in [0.717, 1.165) is 12.3 Å². The van der Waals surface area contributed by atoms with E-state index in [2.05, 4.69) is 13.8 Å². The molecule has 0 heterocycles. The van der Waals surface area contributed by atoms with Crippen LogP contribution in [0.4, 0.5) is 0 Å². The maximum atomic E-state index is 10.8. The Morgan fingerprint density at radius 1 is 1.20 bits per heavy atom. The Morgan fingerprint density at radius 3 is 2.60 bits per heavy atom. The summed E-state index contributed by atoms with van der Waals surface area (Å²) in [6.07, 6.45) is 10.2. The lowest BCUT2D eigenvalue weighted by Gasteiger charge is -2.41. The molecule has 0 aromatic rings. The molecule has 4 atom stereocenters. The zero-order valence-corrected chi connectivity index (χ0v) is 10.3. The molecule has 0 amide bonds. The van der Waals surface area contributed by atoms with E-state index in [0.29, 0.717) is 11.8 Å². The van der Waals surface area contributed by atoms with Gasteiger partial charge in [0.25, 0.3) is 0 Å². The fourth-order valence-electron chi connectivity index (χ4n) is 3.91. The summed E-state index contributed by atoms with van der Waals surface area (Å²) in [7, 11) is 0. The van der Waals surface area contributed by atoms with E-state index >= 15 is 0 Å². The topological polar surface area (TPSA) is 20.2 Å². The summed E-state index contributed by atoms with van der Waals surface area (Å²) in [4.78, 5) is 0. The van der Waals surface area contributed by atoms with Gasteiger partial charge in [-0.25, -0.2) is 0 Å². The lowest BCUT2D eigenvalue weighted by atomic mass is 9.69. The van der Waals surface area contributed by atoms with Crippen molar-refractivity contribution in [2.45, 2.75) is 70.8 Å². The molecule has 0 saturated heterocycles. The molecule has 0 spiro atoms. The van der Waals surface area contributed by atoms with E-state index in [1.807, 2.05) is 0 Å². The summed E-state index contributed by atoms with van der Waals surface area (Å²) in [5.74, 6) is 2.03. The second kappa shape index (κ2) is 4.45. The summed E-state index contributed by atoms with van der Waals surface area (Å²) in [6, 6.07) is 0. The zero-order chi connectivity index (χ0) is 10.9. The van der Waals surface area contributed by atoms with Crippen molar-refractivity contribution in [3.05, 3.63) is 0 Å². The molecule has 4 unspecified atom stereocenters. The van der Waals surface area contributed by atoms with Crippen LogP contribution in [-0.2, 0) is 0 Å². The summed E-state index contributed by atoms with van der Waals surface area (Å²) >= 11 is 0. The van der Waals surface area contributed by atoms with Crippen LogP contribution >= 0.6 is 0 Å². The first-order valence-electron chi connectivity index (χ1n) is 6.89. The average Bonchev–Trinajstić information content (AvgIpc) is 2.61. The van der Waals surface area contributed by atoms with Crippen LogP contribution in [0.15, 0.2) is 0 Å². The van der Waals surface area contributed by atoms with Crippen LogP contribution in [0, 0.1) is 17.8 Å². The van der Waals surface area contributed by atoms with E-state index in [-0.39, 0.29) is 5.60 Å². The number of hydrogen-bond donors (Lipinski definition) is 1. The third-order valence-corrected chi connectivity index (χ3v) is 5.13. The van der Waals surface area contributed by atoms with E-state index in [1.54, 1.807) is 0 Å². The van der Waals surface area contributed by atoms with Crippen molar-refractivity contribution in [2.24, 2.45) is 17.8 Å². The largest absolute Gasteiger partial charge is 0.389 e. The van der Waals surface area contributed by atoms with Crippen molar-refractivity contribution < 1.29 is 5.11 Å². The molecule has 2 fully saturated rings. The molecule has 0 bridgehead atoms.